The third-order valence-corrected chi connectivity index (χ3v) is 6.18. The van der Waals surface area contributed by atoms with Crippen LogP contribution in [0.1, 0.15) is 58.3 Å². The van der Waals surface area contributed by atoms with Gasteiger partial charge in [0.2, 0.25) is 0 Å². The zero-order chi connectivity index (χ0) is 24.2. The van der Waals surface area contributed by atoms with Gasteiger partial charge < -0.3 is 9.52 Å². The van der Waals surface area contributed by atoms with Crippen molar-refractivity contribution in [2.45, 2.75) is 39.0 Å². The number of aryl methyl sites for hydroxylation is 2. The molecule has 0 spiro atoms. The minimum absolute atomic E-state index is 0.0870. The average Bonchev–Trinajstić information content (AvgIpc) is 2.84. The lowest BCUT2D eigenvalue weighted by molar-refractivity contribution is 0.0695. The molecular weight excluding hydrogens is 426 g/mol. The van der Waals surface area contributed by atoms with Crippen molar-refractivity contribution in [3.8, 4) is 17.4 Å². The predicted octanol–water partition coefficient (Wildman–Crippen LogP) is 6.46. The zero-order valence-corrected chi connectivity index (χ0v) is 19.2. The first-order valence-corrected chi connectivity index (χ1v) is 11.3. The molecule has 0 saturated carbocycles. The van der Waals surface area contributed by atoms with Crippen molar-refractivity contribution in [3.63, 3.8) is 0 Å². The summed E-state index contributed by atoms with van der Waals surface area (Å²) in [4.78, 5) is 24.5. The van der Waals surface area contributed by atoms with Crippen molar-refractivity contribution in [1.82, 2.24) is 0 Å². The molecule has 1 atom stereocenters. The third-order valence-electron chi connectivity index (χ3n) is 6.18. The number of carbonyl (C=O) groups is 1. The number of hydrogen-bond acceptors (Lipinski definition) is 4. The molecule has 0 fully saturated rings. The summed E-state index contributed by atoms with van der Waals surface area (Å²) in [5.41, 5.74) is 4.51. The summed E-state index contributed by atoms with van der Waals surface area (Å²) in [6.45, 7) is 4.05. The van der Waals surface area contributed by atoms with Gasteiger partial charge in [0.15, 0.2) is 5.43 Å². The lowest BCUT2D eigenvalue weighted by atomic mass is 9.90. The van der Waals surface area contributed by atoms with Gasteiger partial charge in [0.05, 0.1) is 22.6 Å². The highest BCUT2D eigenvalue weighted by Crippen LogP contribution is 2.33. The van der Waals surface area contributed by atoms with Gasteiger partial charge in [-0.15, -0.1) is 0 Å². The van der Waals surface area contributed by atoms with E-state index in [0.29, 0.717) is 39.8 Å². The minimum Gasteiger partial charge on any atom is -0.478 e. The maximum atomic E-state index is 13.0. The second-order valence-electron chi connectivity index (χ2n) is 8.62. The number of carboxylic acid groups (broad SMARTS) is 1. The van der Waals surface area contributed by atoms with Crippen LogP contribution in [0.25, 0.3) is 22.3 Å². The Morgan fingerprint density at radius 2 is 1.82 bits per heavy atom. The monoisotopic (exact) mass is 451 g/mol. The van der Waals surface area contributed by atoms with E-state index < -0.39 is 5.97 Å². The first-order chi connectivity index (χ1) is 16.4. The van der Waals surface area contributed by atoms with Crippen LogP contribution in [0.2, 0.25) is 0 Å². The molecule has 1 aromatic heterocycles. The van der Waals surface area contributed by atoms with E-state index in [2.05, 4.69) is 13.0 Å². The molecule has 0 bridgehead atoms. The molecule has 34 heavy (non-hydrogen) atoms. The Morgan fingerprint density at radius 1 is 1.09 bits per heavy atom. The van der Waals surface area contributed by atoms with Crippen LogP contribution in [0.4, 0.5) is 0 Å². The van der Waals surface area contributed by atoms with Crippen molar-refractivity contribution in [2.24, 2.45) is 0 Å². The van der Waals surface area contributed by atoms with Gasteiger partial charge in [-0.2, -0.15) is 5.26 Å². The number of fused-ring (bicyclic) bond motifs is 1. The van der Waals surface area contributed by atoms with E-state index in [1.54, 1.807) is 30.3 Å². The Bertz CT molecular complexity index is 1480. The fourth-order valence-corrected chi connectivity index (χ4v) is 4.43. The molecule has 1 N–H and O–H groups in total. The molecule has 4 aromatic rings. The summed E-state index contributed by atoms with van der Waals surface area (Å²) >= 11 is 0. The van der Waals surface area contributed by atoms with Crippen LogP contribution in [0.5, 0.6) is 0 Å². The normalized spacial score (nSPS) is 11.8. The Labute approximate surface area is 197 Å². The number of benzene rings is 3. The van der Waals surface area contributed by atoms with Crippen LogP contribution in [-0.4, -0.2) is 11.1 Å². The van der Waals surface area contributed by atoms with Crippen LogP contribution in [-0.2, 0) is 6.42 Å². The zero-order valence-electron chi connectivity index (χ0n) is 19.2. The fourth-order valence-electron chi connectivity index (χ4n) is 4.43. The number of aromatic carboxylic acids is 1. The Kier molecular flexibility index (Phi) is 6.60. The van der Waals surface area contributed by atoms with Gasteiger partial charge in [-0.3, -0.25) is 4.79 Å². The summed E-state index contributed by atoms with van der Waals surface area (Å²) in [6, 6.07) is 21.6. The number of hydrogen-bond donors (Lipinski definition) is 1. The molecule has 3 aromatic carbocycles. The first-order valence-electron chi connectivity index (χ1n) is 11.3. The molecule has 1 heterocycles. The molecule has 0 saturated heterocycles. The van der Waals surface area contributed by atoms with Crippen molar-refractivity contribution < 1.29 is 14.3 Å². The number of nitriles is 1. The molecule has 0 aliphatic rings. The molecule has 170 valence electrons. The standard InChI is InChI=1S/C29H25NO4/c1-18-14-24(19(2)8-7-11-20-9-3-6-13-23(20)29(32)33)28-25(15-18)26(31)16-27(34-28)22-12-5-4-10-21(22)17-30/h3-6,9-10,12-16,19H,7-8,11H2,1-2H3,(H,32,33). The van der Waals surface area contributed by atoms with E-state index in [1.807, 2.05) is 37.3 Å². The summed E-state index contributed by atoms with van der Waals surface area (Å²) in [7, 11) is 0. The molecule has 0 aliphatic carbocycles. The van der Waals surface area contributed by atoms with E-state index in [1.165, 1.54) is 6.07 Å². The third kappa shape index (κ3) is 4.62. The highest BCUT2D eigenvalue weighted by atomic mass is 16.4. The summed E-state index contributed by atoms with van der Waals surface area (Å²) in [5, 5.41) is 19.4. The van der Waals surface area contributed by atoms with Gasteiger partial charge in [0.25, 0.3) is 0 Å². The van der Waals surface area contributed by atoms with Crippen LogP contribution in [0.3, 0.4) is 0 Å². The molecular formula is C29H25NO4. The molecule has 4 rings (SSSR count). The van der Waals surface area contributed by atoms with E-state index >= 15 is 0 Å². The van der Waals surface area contributed by atoms with Gasteiger partial charge in [-0.05, 0) is 73.1 Å². The SMILES string of the molecule is Cc1cc(C(C)CCCc2ccccc2C(=O)O)c2oc(-c3ccccc3C#N)cc(=O)c2c1. The average molecular weight is 452 g/mol. The second-order valence-corrected chi connectivity index (χ2v) is 8.62. The topological polar surface area (TPSA) is 91.3 Å². The van der Waals surface area contributed by atoms with E-state index in [0.717, 1.165) is 29.5 Å². The van der Waals surface area contributed by atoms with E-state index in [4.69, 9.17) is 4.42 Å². The molecule has 0 aliphatic heterocycles. The van der Waals surface area contributed by atoms with Crippen LogP contribution in [0, 0.1) is 18.3 Å². The van der Waals surface area contributed by atoms with E-state index in [-0.39, 0.29) is 11.3 Å². The maximum absolute atomic E-state index is 13.0. The summed E-state index contributed by atoms with van der Waals surface area (Å²) in [6.07, 6.45) is 2.25. The second kappa shape index (κ2) is 9.76. The fraction of sp³-hybridized carbons (Fsp3) is 0.207. The number of carboxylic acids is 1. The van der Waals surface area contributed by atoms with Gasteiger partial charge in [-0.1, -0.05) is 43.3 Å². The lowest BCUT2D eigenvalue weighted by Gasteiger charge is -2.16. The van der Waals surface area contributed by atoms with Crippen LogP contribution in [0.15, 0.2) is 75.9 Å². The molecule has 0 amide bonds. The molecule has 5 heteroatoms. The number of nitrogens with zero attached hydrogens (tertiary/aromatic N) is 1. The van der Waals surface area contributed by atoms with Crippen molar-refractivity contribution in [2.75, 3.05) is 0 Å². The van der Waals surface area contributed by atoms with Crippen LogP contribution >= 0.6 is 0 Å². The van der Waals surface area contributed by atoms with Crippen molar-refractivity contribution in [1.29, 1.82) is 5.26 Å². The molecule has 1 unspecified atom stereocenters. The highest BCUT2D eigenvalue weighted by molar-refractivity contribution is 5.89. The Hall–Kier alpha value is -4.17. The summed E-state index contributed by atoms with van der Waals surface area (Å²) in [5.74, 6) is -0.452. The quantitative estimate of drug-likeness (QED) is 0.348. The molecule has 5 nitrogen and oxygen atoms in total. The van der Waals surface area contributed by atoms with Gasteiger partial charge >= 0.3 is 5.97 Å². The van der Waals surface area contributed by atoms with E-state index in [9.17, 15) is 20.0 Å². The largest absolute Gasteiger partial charge is 0.478 e. The Morgan fingerprint density at radius 3 is 2.59 bits per heavy atom. The predicted molar refractivity (Wildman–Crippen MR) is 132 cm³/mol. The van der Waals surface area contributed by atoms with Gasteiger partial charge in [-0.25, -0.2) is 4.79 Å². The Balaban J connectivity index is 1.68. The number of rotatable bonds is 7. The summed E-state index contributed by atoms with van der Waals surface area (Å²) < 4.78 is 6.26. The van der Waals surface area contributed by atoms with Crippen molar-refractivity contribution >= 4 is 16.9 Å². The first kappa shape index (κ1) is 23.0. The maximum Gasteiger partial charge on any atom is 0.335 e. The highest BCUT2D eigenvalue weighted by Gasteiger charge is 2.18. The molecule has 0 radical (unpaired) electrons. The van der Waals surface area contributed by atoms with Gasteiger partial charge in [0.1, 0.15) is 11.3 Å². The van der Waals surface area contributed by atoms with Crippen LogP contribution < -0.4 is 5.43 Å². The minimum atomic E-state index is -0.916. The lowest BCUT2D eigenvalue weighted by Crippen LogP contribution is -2.06. The van der Waals surface area contributed by atoms with Crippen molar-refractivity contribution in [3.05, 3.63) is 105 Å². The smallest absolute Gasteiger partial charge is 0.335 e. The van der Waals surface area contributed by atoms with Gasteiger partial charge in [0, 0.05) is 11.6 Å².